The Kier molecular flexibility index (Phi) is 5.75. The molecule has 30 heavy (non-hydrogen) atoms. The van der Waals surface area contributed by atoms with E-state index >= 15 is 0 Å². The molecular formula is C24H19BrClN3O. The van der Waals surface area contributed by atoms with Gasteiger partial charge in [-0.15, -0.1) is 0 Å². The standard InChI is InChI=1S/C24H19BrClN3O/c1-29(2)17-10-7-15(8-11-17)13-22-24(30)28-21-12-9-16(25)14-19(21)23(27-22)18-5-3-4-6-20(18)26/h3-14H,1-2H3,(H,28,30). The third-order valence-electron chi connectivity index (χ3n) is 4.79. The Balaban J connectivity index is 1.88. The van der Waals surface area contributed by atoms with E-state index in [4.69, 9.17) is 16.6 Å². The van der Waals surface area contributed by atoms with Crippen LogP contribution < -0.4 is 10.2 Å². The third-order valence-corrected chi connectivity index (χ3v) is 5.61. The number of rotatable bonds is 3. The number of fused-ring (bicyclic) bond motifs is 1. The number of amides is 1. The summed E-state index contributed by atoms with van der Waals surface area (Å²) in [5, 5.41) is 3.55. The Morgan fingerprint density at radius 2 is 1.73 bits per heavy atom. The molecule has 3 aromatic rings. The zero-order valence-corrected chi connectivity index (χ0v) is 18.8. The lowest BCUT2D eigenvalue weighted by molar-refractivity contribution is -0.112. The molecule has 0 radical (unpaired) electrons. The molecule has 0 spiro atoms. The van der Waals surface area contributed by atoms with Crippen LogP contribution in [-0.2, 0) is 4.79 Å². The molecule has 4 rings (SSSR count). The van der Waals surface area contributed by atoms with Crippen LogP contribution in [0.25, 0.3) is 6.08 Å². The highest BCUT2D eigenvalue weighted by molar-refractivity contribution is 9.10. The van der Waals surface area contributed by atoms with Crippen molar-refractivity contribution in [3.63, 3.8) is 0 Å². The fourth-order valence-electron chi connectivity index (χ4n) is 3.22. The molecule has 1 amide bonds. The summed E-state index contributed by atoms with van der Waals surface area (Å²) in [7, 11) is 3.98. The summed E-state index contributed by atoms with van der Waals surface area (Å²) in [4.78, 5) is 19.8. The molecule has 0 aliphatic carbocycles. The Bertz CT molecular complexity index is 1180. The molecule has 0 unspecified atom stereocenters. The van der Waals surface area contributed by atoms with Gasteiger partial charge in [0.05, 0.1) is 11.4 Å². The predicted octanol–water partition coefficient (Wildman–Crippen LogP) is 6.00. The minimum absolute atomic E-state index is 0.266. The van der Waals surface area contributed by atoms with Crippen LogP contribution in [0.2, 0.25) is 5.02 Å². The van der Waals surface area contributed by atoms with Crippen LogP contribution in [0.5, 0.6) is 0 Å². The van der Waals surface area contributed by atoms with E-state index in [1.165, 1.54) is 0 Å². The summed E-state index contributed by atoms with van der Waals surface area (Å²) in [6, 6.07) is 21.1. The van der Waals surface area contributed by atoms with E-state index in [1.54, 1.807) is 6.08 Å². The smallest absolute Gasteiger partial charge is 0.274 e. The highest BCUT2D eigenvalue weighted by Gasteiger charge is 2.23. The minimum Gasteiger partial charge on any atom is -0.378 e. The number of hydrogen-bond donors (Lipinski definition) is 1. The molecule has 150 valence electrons. The van der Waals surface area contributed by atoms with Gasteiger partial charge in [0, 0.05) is 40.4 Å². The zero-order valence-electron chi connectivity index (χ0n) is 16.5. The average molecular weight is 481 g/mol. The number of carbonyl (C=O) groups is 1. The molecule has 0 saturated heterocycles. The number of halogens is 2. The van der Waals surface area contributed by atoms with Crippen LogP contribution in [0.4, 0.5) is 11.4 Å². The molecule has 3 aromatic carbocycles. The van der Waals surface area contributed by atoms with Gasteiger partial charge in [0.2, 0.25) is 0 Å². The lowest BCUT2D eigenvalue weighted by Gasteiger charge is -2.12. The average Bonchev–Trinajstić information content (AvgIpc) is 2.85. The summed E-state index contributed by atoms with van der Waals surface area (Å²) < 4.78 is 0.891. The van der Waals surface area contributed by atoms with E-state index < -0.39 is 0 Å². The van der Waals surface area contributed by atoms with E-state index in [9.17, 15) is 4.79 Å². The first-order chi connectivity index (χ1) is 14.4. The fourth-order valence-corrected chi connectivity index (χ4v) is 3.81. The number of benzodiazepines with no additional fused rings is 1. The first kappa shape index (κ1) is 20.4. The molecule has 1 N–H and O–H groups in total. The topological polar surface area (TPSA) is 44.7 Å². The van der Waals surface area contributed by atoms with Crippen LogP contribution in [-0.4, -0.2) is 25.7 Å². The van der Waals surface area contributed by atoms with Crippen molar-refractivity contribution in [1.82, 2.24) is 0 Å². The summed E-state index contributed by atoms with van der Waals surface area (Å²) in [5.41, 5.74) is 5.19. The van der Waals surface area contributed by atoms with Crippen molar-refractivity contribution < 1.29 is 4.79 Å². The highest BCUT2D eigenvalue weighted by atomic mass is 79.9. The van der Waals surface area contributed by atoms with Crippen molar-refractivity contribution in [1.29, 1.82) is 0 Å². The maximum absolute atomic E-state index is 13.0. The van der Waals surface area contributed by atoms with Gasteiger partial charge in [0.25, 0.3) is 5.91 Å². The van der Waals surface area contributed by atoms with E-state index in [2.05, 4.69) is 21.2 Å². The SMILES string of the molecule is CN(C)c1ccc(C=C2N=C(c3ccccc3Cl)c3cc(Br)ccc3NC2=O)cc1. The molecule has 4 nitrogen and oxygen atoms in total. The third kappa shape index (κ3) is 4.18. The van der Waals surface area contributed by atoms with Crippen LogP contribution in [0.15, 0.2) is 81.9 Å². The molecule has 0 aromatic heterocycles. The second-order valence-corrected chi connectivity index (χ2v) is 8.42. The molecule has 1 aliphatic heterocycles. The first-order valence-corrected chi connectivity index (χ1v) is 10.5. The van der Waals surface area contributed by atoms with Crippen molar-refractivity contribution in [2.24, 2.45) is 4.99 Å². The lowest BCUT2D eigenvalue weighted by atomic mass is 10.0. The quantitative estimate of drug-likeness (QED) is 0.467. The molecule has 0 saturated carbocycles. The van der Waals surface area contributed by atoms with Gasteiger partial charge in [0.1, 0.15) is 5.70 Å². The molecule has 0 bridgehead atoms. The van der Waals surface area contributed by atoms with Crippen LogP contribution >= 0.6 is 27.5 Å². The van der Waals surface area contributed by atoms with Gasteiger partial charge in [-0.25, -0.2) is 4.99 Å². The van der Waals surface area contributed by atoms with E-state index in [1.807, 2.05) is 85.7 Å². The summed E-state index contributed by atoms with van der Waals surface area (Å²) in [6.07, 6.45) is 1.78. The predicted molar refractivity (Wildman–Crippen MR) is 129 cm³/mol. The van der Waals surface area contributed by atoms with Gasteiger partial charge in [-0.1, -0.05) is 57.9 Å². The Morgan fingerprint density at radius 3 is 2.43 bits per heavy atom. The van der Waals surface area contributed by atoms with Crippen molar-refractivity contribution in [3.05, 3.63) is 98.6 Å². The minimum atomic E-state index is -0.266. The largest absolute Gasteiger partial charge is 0.378 e. The van der Waals surface area contributed by atoms with E-state index in [0.29, 0.717) is 22.1 Å². The molecule has 6 heteroatoms. The second kappa shape index (κ2) is 8.46. The summed E-state index contributed by atoms with van der Waals surface area (Å²) in [5.74, 6) is -0.266. The van der Waals surface area contributed by atoms with Gasteiger partial charge in [-0.2, -0.15) is 0 Å². The van der Waals surface area contributed by atoms with E-state index in [0.717, 1.165) is 26.9 Å². The van der Waals surface area contributed by atoms with E-state index in [-0.39, 0.29) is 5.91 Å². The van der Waals surface area contributed by atoms with Crippen molar-refractivity contribution >= 4 is 56.6 Å². The van der Waals surface area contributed by atoms with Gasteiger partial charge in [-0.3, -0.25) is 4.79 Å². The molecule has 0 fully saturated rings. The van der Waals surface area contributed by atoms with Crippen molar-refractivity contribution in [2.45, 2.75) is 0 Å². The Labute approximate surface area is 189 Å². The fraction of sp³-hybridized carbons (Fsp3) is 0.0833. The van der Waals surface area contributed by atoms with Gasteiger partial charge in [-0.05, 0) is 48.0 Å². The van der Waals surface area contributed by atoms with Crippen molar-refractivity contribution in [2.75, 3.05) is 24.3 Å². The number of nitrogens with zero attached hydrogens (tertiary/aromatic N) is 2. The number of aliphatic imine (C=N–C) groups is 1. The Morgan fingerprint density at radius 1 is 1.00 bits per heavy atom. The highest BCUT2D eigenvalue weighted by Crippen LogP contribution is 2.31. The second-order valence-electron chi connectivity index (χ2n) is 7.10. The normalized spacial score (nSPS) is 14.6. The summed E-state index contributed by atoms with van der Waals surface area (Å²) >= 11 is 10.0. The van der Waals surface area contributed by atoms with Crippen molar-refractivity contribution in [3.8, 4) is 0 Å². The number of carbonyl (C=O) groups excluding carboxylic acids is 1. The maximum Gasteiger partial charge on any atom is 0.274 e. The monoisotopic (exact) mass is 479 g/mol. The zero-order chi connectivity index (χ0) is 21.3. The van der Waals surface area contributed by atoms with Crippen LogP contribution in [0.1, 0.15) is 16.7 Å². The number of anilines is 2. The maximum atomic E-state index is 13.0. The number of benzene rings is 3. The molecule has 0 atom stereocenters. The summed E-state index contributed by atoms with van der Waals surface area (Å²) in [6.45, 7) is 0. The molecule has 1 aliphatic rings. The first-order valence-electron chi connectivity index (χ1n) is 9.36. The van der Waals surface area contributed by atoms with Crippen LogP contribution in [0, 0.1) is 0 Å². The molecular weight excluding hydrogens is 462 g/mol. The van der Waals surface area contributed by atoms with Gasteiger partial charge < -0.3 is 10.2 Å². The molecule has 1 heterocycles. The lowest BCUT2D eigenvalue weighted by Crippen LogP contribution is -2.12. The van der Waals surface area contributed by atoms with Gasteiger partial charge >= 0.3 is 0 Å². The number of hydrogen-bond acceptors (Lipinski definition) is 3. The number of nitrogens with one attached hydrogen (secondary N) is 1. The van der Waals surface area contributed by atoms with Gasteiger partial charge in [0.15, 0.2) is 0 Å². The Hall–Kier alpha value is -2.89. The van der Waals surface area contributed by atoms with Crippen LogP contribution in [0.3, 0.4) is 0 Å².